The van der Waals surface area contributed by atoms with E-state index in [9.17, 15) is 4.39 Å². The predicted octanol–water partition coefficient (Wildman–Crippen LogP) is 4.55. The van der Waals surface area contributed by atoms with Crippen LogP contribution in [-0.4, -0.2) is 6.67 Å². The van der Waals surface area contributed by atoms with Crippen LogP contribution in [0.15, 0.2) is 18.2 Å². The molecule has 0 aromatic heterocycles. The second-order valence-corrected chi connectivity index (χ2v) is 5.11. The van der Waals surface area contributed by atoms with Crippen molar-refractivity contribution >= 4 is 22.6 Å². The number of rotatable bonds is 5. The van der Waals surface area contributed by atoms with Crippen molar-refractivity contribution in [3.8, 4) is 0 Å². The predicted molar refractivity (Wildman–Crippen MR) is 71.8 cm³/mol. The second kappa shape index (κ2) is 6.46. The molecule has 1 aromatic carbocycles. The molecule has 1 radical (unpaired) electrons. The molecular weight excluding hydrogens is 302 g/mol. The molecule has 0 nitrogen and oxygen atoms in total. The molecule has 0 aliphatic carbocycles. The quantitative estimate of drug-likeness (QED) is 0.699. The van der Waals surface area contributed by atoms with Gasteiger partial charge in [-0.3, -0.25) is 4.39 Å². The number of hydrogen-bond acceptors (Lipinski definition) is 0. The van der Waals surface area contributed by atoms with E-state index >= 15 is 0 Å². The fourth-order valence-electron chi connectivity index (χ4n) is 1.50. The van der Waals surface area contributed by atoms with Gasteiger partial charge in [0.05, 0.1) is 6.67 Å². The SMILES string of the molecule is CCCCc1cc(I)cc([C](C)CF)c1. The van der Waals surface area contributed by atoms with Gasteiger partial charge in [0.15, 0.2) is 0 Å². The highest BCUT2D eigenvalue weighted by Gasteiger charge is 2.07. The van der Waals surface area contributed by atoms with Crippen LogP contribution >= 0.6 is 22.6 Å². The summed E-state index contributed by atoms with van der Waals surface area (Å²) >= 11 is 2.30. The Hall–Kier alpha value is -0.120. The molecule has 0 spiro atoms. The molecule has 83 valence electrons. The zero-order valence-corrected chi connectivity index (χ0v) is 11.5. The molecule has 0 saturated heterocycles. The third kappa shape index (κ3) is 4.09. The molecule has 0 heterocycles. The molecule has 0 amide bonds. The van der Waals surface area contributed by atoms with Crippen LogP contribution in [0.2, 0.25) is 0 Å². The second-order valence-electron chi connectivity index (χ2n) is 3.87. The Labute approximate surface area is 105 Å². The van der Waals surface area contributed by atoms with E-state index in [0.29, 0.717) is 0 Å². The van der Waals surface area contributed by atoms with E-state index in [-0.39, 0.29) is 6.67 Å². The van der Waals surface area contributed by atoms with Gasteiger partial charge in [-0.15, -0.1) is 0 Å². The number of unbranched alkanes of at least 4 members (excludes halogenated alkanes) is 1. The van der Waals surface area contributed by atoms with Crippen LogP contribution in [0.25, 0.3) is 0 Å². The summed E-state index contributed by atoms with van der Waals surface area (Å²) in [5.41, 5.74) is 2.38. The first-order chi connectivity index (χ1) is 7.17. The van der Waals surface area contributed by atoms with E-state index in [4.69, 9.17) is 0 Å². The summed E-state index contributed by atoms with van der Waals surface area (Å²) in [7, 11) is 0. The summed E-state index contributed by atoms with van der Waals surface area (Å²) < 4.78 is 13.7. The summed E-state index contributed by atoms with van der Waals surface area (Å²) in [5.74, 6) is 0.825. The van der Waals surface area contributed by atoms with Crippen LogP contribution < -0.4 is 0 Å². The van der Waals surface area contributed by atoms with Gasteiger partial charge in [0, 0.05) is 9.49 Å². The van der Waals surface area contributed by atoms with Gasteiger partial charge in [0.1, 0.15) is 0 Å². The summed E-state index contributed by atoms with van der Waals surface area (Å²) in [5, 5.41) is 0. The molecule has 2 heteroatoms. The van der Waals surface area contributed by atoms with Crippen molar-refractivity contribution in [2.75, 3.05) is 6.67 Å². The Kier molecular flexibility index (Phi) is 5.58. The number of benzene rings is 1. The maximum atomic E-state index is 12.5. The Morgan fingerprint density at radius 3 is 2.67 bits per heavy atom. The smallest absolute Gasteiger partial charge is 0.0997 e. The van der Waals surface area contributed by atoms with Crippen molar-refractivity contribution in [2.45, 2.75) is 33.1 Å². The molecule has 0 aliphatic heterocycles. The molecule has 0 atom stereocenters. The van der Waals surface area contributed by atoms with Gasteiger partial charge in [0.2, 0.25) is 0 Å². The lowest BCUT2D eigenvalue weighted by Gasteiger charge is -2.10. The van der Waals surface area contributed by atoms with Gasteiger partial charge >= 0.3 is 0 Å². The van der Waals surface area contributed by atoms with Crippen LogP contribution in [-0.2, 0) is 6.42 Å². The first-order valence-electron chi connectivity index (χ1n) is 5.35. The van der Waals surface area contributed by atoms with Crippen LogP contribution in [0.4, 0.5) is 4.39 Å². The monoisotopic (exact) mass is 319 g/mol. The zero-order valence-electron chi connectivity index (χ0n) is 9.32. The van der Waals surface area contributed by atoms with Gasteiger partial charge in [-0.2, -0.15) is 0 Å². The van der Waals surface area contributed by atoms with Crippen molar-refractivity contribution in [1.82, 2.24) is 0 Å². The number of hydrogen-bond donors (Lipinski definition) is 0. The first-order valence-corrected chi connectivity index (χ1v) is 6.43. The Morgan fingerprint density at radius 2 is 2.07 bits per heavy atom. The number of halogens is 2. The highest BCUT2D eigenvalue weighted by atomic mass is 127. The Balaban J connectivity index is 2.84. The lowest BCUT2D eigenvalue weighted by atomic mass is 9.98. The van der Waals surface area contributed by atoms with E-state index < -0.39 is 0 Å². The summed E-state index contributed by atoms with van der Waals surface area (Å²) in [4.78, 5) is 0. The van der Waals surface area contributed by atoms with Gasteiger partial charge in [0.25, 0.3) is 0 Å². The van der Waals surface area contributed by atoms with Gasteiger partial charge in [-0.25, -0.2) is 0 Å². The van der Waals surface area contributed by atoms with Crippen LogP contribution in [0.1, 0.15) is 37.8 Å². The molecule has 0 aliphatic rings. The molecule has 15 heavy (non-hydrogen) atoms. The van der Waals surface area contributed by atoms with E-state index in [0.717, 1.165) is 17.9 Å². The molecular formula is C13H17FI. The average Bonchev–Trinajstić information content (AvgIpc) is 2.24. The Morgan fingerprint density at radius 1 is 1.33 bits per heavy atom. The standard InChI is InChI=1S/C13H17FI/c1-3-4-5-11-6-12(10(2)9-14)8-13(15)7-11/h6-8H,3-5,9H2,1-2H3. The minimum Gasteiger partial charge on any atom is -0.250 e. The Bertz CT molecular complexity index is 309. The molecule has 0 fully saturated rings. The fourth-order valence-corrected chi connectivity index (χ4v) is 2.23. The van der Waals surface area contributed by atoms with Gasteiger partial charge < -0.3 is 0 Å². The number of alkyl halides is 1. The number of aryl methyl sites for hydroxylation is 1. The van der Waals surface area contributed by atoms with Crippen LogP contribution in [0.5, 0.6) is 0 Å². The molecule has 0 bridgehead atoms. The minimum absolute atomic E-state index is 0.354. The van der Waals surface area contributed by atoms with E-state index in [1.807, 2.05) is 13.0 Å². The maximum absolute atomic E-state index is 12.5. The summed E-state index contributed by atoms with van der Waals surface area (Å²) in [6, 6.07) is 6.35. The van der Waals surface area contributed by atoms with Crippen molar-refractivity contribution in [1.29, 1.82) is 0 Å². The first kappa shape index (κ1) is 12.9. The maximum Gasteiger partial charge on any atom is 0.0997 e. The zero-order chi connectivity index (χ0) is 11.3. The van der Waals surface area contributed by atoms with Crippen molar-refractivity contribution < 1.29 is 4.39 Å². The van der Waals surface area contributed by atoms with E-state index in [1.165, 1.54) is 22.0 Å². The van der Waals surface area contributed by atoms with Gasteiger partial charge in [-0.1, -0.05) is 26.3 Å². The third-order valence-electron chi connectivity index (χ3n) is 2.47. The topological polar surface area (TPSA) is 0 Å². The molecule has 0 unspecified atom stereocenters. The van der Waals surface area contributed by atoms with E-state index in [2.05, 4.69) is 41.6 Å². The fraction of sp³-hybridized carbons (Fsp3) is 0.462. The third-order valence-corrected chi connectivity index (χ3v) is 3.09. The van der Waals surface area contributed by atoms with E-state index in [1.54, 1.807) is 0 Å². The normalized spacial score (nSPS) is 11.0. The minimum atomic E-state index is -0.354. The van der Waals surface area contributed by atoms with Crippen molar-refractivity contribution in [2.24, 2.45) is 0 Å². The molecule has 0 saturated carbocycles. The molecule has 1 rings (SSSR count). The lowest BCUT2D eigenvalue weighted by molar-refractivity contribution is 0.516. The summed E-state index contributed by atoms with van der Waals surface area (Å²) in [6.07, 6.45) is 3.50. The molecule has 1 aromatic rings. The summed E-state index contributed by atoms with van der Waals surface area (Å²) in [6.45, 7) is 3.69. The highest BCUT2D eigenvalue weighted by molar-refractivity contribution is 14.1. The largest absolute Gasteiger partial charge is 0.250 e. The average molecular weight is 319 g/mol. The molecule has 0 N–H and O–H groups in total. The van der Waals surface area contributed by atoms with Crippen molar-refractivity contribution in [3.63, 3.8) is 0 Å². The highest BCUT2D eigenvalue weighted by Crippen LogP contribution is 2.21. The van der Waals surface area contributed by atoms with Crippen molar-refractivity contribution in [3.05, 3.63) is 38.8 Å². The van der Waals surface area contributed by atoms with Gasteiger partial charge in [-0.05, 0) is 58.7 Å². The van der Waals surface area contributed by atoms with Crippen LogP contribution in [0.3, 0.4) is 0 Å². The lowest BCUT2D eigenvalue weighted by Crippen LogP contribution is -1.99. The van der Waals surface area contributed by atoms with Crippen LogP contribution in [0, 0.1) is 9.49 Å².